The molecule has 1 aromatic rings. The molecular weight excluding hydrogens is 288 g/mol. The summed E-state index contributed by atoms with van der Waals surface area (Å²) in [6, 6.07) is 9.85. The van der Waals surface area contributed by atoms with Gasteiger partial charge in [0.1, 0.15) is 12.2 Å². The Hall–Kier alpha value is -0.600. The molecule has 7 heteroatoms. The Morgan fingerprint density at radius 1 is 1.26 bits per heavy atom. The number of hydrogen-bond acceptors (Lipinski definition) is 6. The number of thioether (sulfide) groups is 1. The zero-order valence-corrected chi connectivity index (χ0v) is 11.7. The summed E-state index contributed by atoms with van der Waals surface area (Å²) >= 11 is 1.63. The average Bonchev–Trinajstić information content (AvgIpc) is 2.87. The van der Waals surface area contributed by atoms with E-state index in [0.717, 1.165) is 5.56 Å². The number of fused-ring (bicyclic) bond motifs is 1. The standard InChI is InChI=1S/C12H14O5S2/c13-19(14)16-10-8-18-11(12(10)17-19)7-15-6-9-4-2-1-3-5-9/h1-5,10-12H,6-8H2. The minimum Gasteiger partial charge on any atom is -0.376 e. The molecule has 2 saturated heterocycles. The lowest BCUT2D eigenvalue weighted by Crippen LogP contribution is -2.29. The maximum Gasteiger partial charge on any atom is 0.400 e. The minimum atomic E-state index is -3.78. The molecule has 5 nitrogen and oxygen atoms in total. The largest absolute Gasteiger partial charge is 0.400 e. The molecule has 0 N–H and O–H groups in total. The van der Waals surface area contributed by atoms with E-state index in [1.54, 1.807) is 11.8 Å². The van der Waals surface area contributed by atoms with Crippen LogP contribution in [-0.4, -0.2) is 38.2 Å². The molecule has 1 aromatic carbocycles. The zero-order valence-electron chi connectivity index (χ0n) is 10.1. The van der Waals surface area contributed by atoms with E-state index >= 15 is 0 Å². The molecular formula is C12H14O5S2. The lowest BCUT2D eigenvalue weighted by atomic mass is 10.2. The Morgan fingerprint density at radius 2 is 2.05 bits per heavy atom. The quantitative estimate of drug-likeness (QED) is 0.836. The van der Waals surface area contributed by atoms with E-state index in [9.17, 15) is 8.42 Å². The predicted octanol–water partition coefficient (Wildman–Crippen LogP) is 1.35. The van der Waals surface area contributed by atoms with Crippen molar-refractivity contribution in [3.63, 3.8) is 0 Å². The first kappa shape index (κ1) is 13.4. The topological polar surface area (TPSA) is 61.8 Å². The van der Waals surface area contributed by atoms with Gasteiger partial charge in [0, 0.05) is 5.75 Å². The van der Waals surface area contributed by atoms with Gasteiger partial charge in [0.2, 0.25) is 0 Å². The maximum atomic E-state index is 11.2. The first-order valence-corrected chi connectivity index (χ1v) is 8.37. The van der Waals surface area contributed by atoms with Crippen LogP contribution in [0.1, 0.15) is 5.56 Å². The molecule has 0 aromatic heterocycles. The van der Waals surface area contributed by atoms with Crippen molar-refractivity contribution in [2.75, 3.05) is 12.4 Å². The van der Waals surface area contributed by atoms with Crippen molar-refractivity contribution in [3.8, 4) is 0 Å². The van der Waals surface area contributed by atoms with Crippen molar-refractivity contribution in [1.82, 2.24) is 0 Å². The van der Waals surface area contributed by atoms with Crippen molar-refractivity contribution in [2.45, 2.75) is 24.1 Å². The molecule has 2 aliphatic heterocycles. The Kier molecular flexibility index (Phi) is 3.81. The molecule has 0 saturated carbocycles. The average molecular weight is 302 g/mol. The van der Waals surface area contributed by atoms with Crippen LogP contribution in [0.5, 0.6) is 0 Å². The first-order valence-electron chi connectivity index (χ1n) is 5.99. The Bertz CT molecular complexity index is 530. The fourth-order valence-electron chi connectivity index (χ4n) is 2.17. The Labute approximate surface area is 116 Å². The van der Waals surface area contributed by atoms with Crippen LogP contribution in [0.3, 0.4) is 0 Å². The highest BCUT2D eigenvalue weighted by Crippen LogP contribution is 2.38. The van der Waals surface area contributed by atoms with Crippen molar-refractivity contribution in [2.24, 2.45) is 0 Å². The number of rotatable bonds is 4. The summed E-state index contributed by atoms with van der Waals surface area (Å²) < 4.78 is 37.8. The van der Waals surface area contributed by atoms with E-state index in [0.29, 0.717) is 19.0 Å². The van der Waals surface area contributed by atoms with Gasteiger partial charge in [-0.15, -0.1) is 0 Å². The molecule has 3 unspecified atom stereocenters. The molecule has 2 fully saturated rings. The van der Waals surface area contributed by atoms with Gasteiger partial charge in [-0.25, -0.2) is 8.37 Å². The fourth-order valence-corrected chi connectivity index (χ4v) is 4.69. The number of hydrogen-bond donors (Lipinski definition) is 0. The second-order valence-corrected chi connectivity index (χ2v) is 6.95. The Balaban J connectivity index is 1.51. The Morgan fingerprint density at radius 3 is 2.84 bits per heavy atom. The highest BCUT2D eigenvalue weighted by molar-refractivity contribution is 8.00. The molecule has 0 spiro atoms. The van der Waals surface area contributed by atoms with Gasteiger partial charge < -0.3 is 4.74 Å². The molecule has 104 valence electrons. The van der Waals surface area contributed by atoms with E-state index in [2.05, 4.69) is 0 Å². The van der Waals surface area contributed by atoms with Crippen LogP contribution in [0.25, 0.3) is 0 Å². The van der Waals surface area contributed by atoms with Gasteiger partial charge in [-0.05, 0) is 5.56 Å². The van der Waals surface area contributed by atoms with Crippen LogP contribution < -0.4 is 0 Å². The molecule has 19 heavy (non-hydrogen) atoms. The van der Waals surface area contributed by atoms with Gasteiger partial charge in [-0.3, -0.25) is 0 Å². The summed E-state index contributed by atoms with van der Waals surface area (Å²) in [7, 11) is -3.78. The SMILES string of the molecule is O=S1(=O)OC2CSC(COCc3ccccc3)C2O1. The zero-order chi connectivity index (χ0) is 13.3. The molecule has 0 amide bonds. The normalized spacial score (nSPS) is 32.3. The molecule has 2 aliphatic rings. The van der Waals surface area contributed by atoms with Gasteiger partial charge in [0.15, 0.2) is 0 Å². The maximum absolute atomic E-state index is 11.2. The van der Waals surface area contributed by atoms with Gasteiger partial charge in [0.05, 0.1) is 18.5 Å². The number of ether oxygens (including phenoxy) is 1. The molecule has 0 bridgehead atoms. The molecule has 3 rings (SSSR count). The van der Waals surface area contributed by atoms with Gasteiger partial charge in [0.25, 0.3) is 0 Å². The molecule has 2 heterocycles. The van der Waals surface area contributed by atoms with Crippen molar-refractivity contribution in [1.29, 1.82) is 0 Å². The van der Waals surface area contributed by atoms with Crippen LogP contribution in [-0.2, 0) is 30.1 Å². The lowest BCUT2D eigenvalue weighted by molar-refractivity contribution is 0.0876. The van der Waals surface area contributed by atoms with Gasteiger partial charge >= 0.3 is 10.4 Å². The van der Waals surface area contributed by atoms with Gasteiger partial charge in [-0.1, -0.05) is 30.3 Å². The van der Waals surface area contributed by atoms with Crippen LogP contribution in [0.4, 0.5) is 0 Å². The molecule has 0 aliphatic carbocycles. The van der Waals surface area contributed by atoms with E-state index in [1.807, 2.05) is 30.3 Å². The van der Waals surface area contributed by atoms with Crippen LogP contribution in [0, 0.1) is 0 Å². The van der Waals surface area contributed by atoms with E-state index in [-0.39, 0.29) is 11.4 Å². The molecule has 0 radical (unpaired) electrons. The van der Waals surface area contributed by atoms with Crippen molar-refractivity contribution < 1.29 is 21.5 Å². The summed E-state index contributed by atoms with van der Waals surface area (Å²) in [6.45, 7) is 0.975. The summed E-state index contributed by atoms with van der Waals surface area (Å²) in [5, 5.41) is 0.00554. The monoisotopic (exact) mass is 302 g/mol. The van der Waals surface area contributed by atoms with E-state index in [4.69, 9.17) is 13.1 Å². The lowest BCUT2D eigenvalue weighted by Gasteiger charge is -2.14. The fraction of sp³-hybridized carbons (Fsp3) is 0.500. The minimum absolute atomic E-state index is 0.00554. The summed E-state index contributed by atoms with van der Waals surface area (Å²) in [5.74, 6) is 0.628. The van der Waals surface area contributed by atoms with Gasteiger partial charge in [-0.2, -0.15) is 20.2 Å². The van der Waals surface area contributed by atoms with Crippen LogP contribution >= 0.6 is 11.8 Å². The first-order chi connectivity index (χ1) is 9.14. The van der Waals surface area contributed by atoms with Crippen molar-refractivity contribution >= 4 is 22.2 Å². The summed E-state index contributed by atoms with van der Waals surface area (Å²) in [4.78, 5) is 0. The highest BCUT2D eigenvalue weighted by atomic mass is 32.3. The third kappa shape index (κ3) is 3.11. The van der Waals surface area contributed by atoms with Crippen LogP contribution in [0.2, 0.25) is 0 Å². The number of benzene rings is 1. The van der Waals surface area contributed by atoms with E-state index in [1.165, 1.54) is 0 Å². The third-order valence-corrected chi connectivity index (χ3v) is 5.37. The summed E-state index contributed by atoms with van der Waals surface area (Å²) in [6.07, 6.45) is -0.772. The van der Waals surface area contributed by atoms with Crippen molar-refractivity contribution in [3.05, 3.63) is 35.9 Å². The van der Waals surface area contributed by atoms with E-state index < -0.39 is 16.5 Å². The highest BCUT2D eigenvalue weighted by Gasteiger charge is 2.49. The second kappa shape index (κ2) is 5.41. The predicted molar refractivity (Wildman–Crippen MR) is 71.0 cm³/mol. The molecule has 3 atom stereocenters. The third-order valence-electron chi connectivity index (χ3n) is 3.07. The smallest absolute Gasteiger partial charge is 0.376 e. The summed E-state index contributed by atoms with van der Waals surface area (Å²) in [5.41, 5.74) is 1.10. The van der Waals surface area contributed by atoms with Crippen LogP contribution in [0.15, 0.2) is 30.3 Å². The second-order valence-electron chi connectivity index (χ2n) is 4.48.